The fourth-order valence-corrected chi connectivity index (χ4v) is 1.50. The van der Waals surface area contributed by atoms with Crippen molar-refractivity contribution in [3.05, 3.63) is 35.4 Å². The van der Waals surface area contributed by atoms with Gasteiger partial charge in [-0.25, -0.2) is 0 Å². The lowest BCUT2D eigenvalue weighted by Crippen LogP contribution is -2.31. The summed E-state index contributed by atoms with van der Waals surface area (Å²) in [7, 11) is 0. The number of benzene rings is 1. The lowest BCUT2D eigenvalue weighted by atomic mass is 10.1. The highest BCUT2D eigenvalue weighted by Gasteiger charge is 1.93. The van der Waals surface area contributed by atoms with E-state index >= 15 is 0 Å². The molecule has 2 heteroatoms. The zero-order chi connectivity index (χ0) is 11.1. The monoisotopic (exact) mass is 206 g/mol. The highest BCUT2D eigenvalue weighted by Crippen LogP contribution is 2.02. The van der Waals surface area contributed by atoms with Crippen LogP contribution in [0.1, 0.15) is 25.0 Å². The predicted molar refractivity (Wildman–Crippen MR) is 66.0 cm³/mol. The predicted octanol–water partition coefficient (Wildman–Crippen LogP) is 2.08. The summed E-state index contributed by atoms with van der Waals surface area (Å²) in [4.78, 5) is 0. The zero-order valence-corrected chi connectivity index (χ0v) is 10.0. The van der Waals surface area contributed by atoms with Gasteiger partial charge in [0.2, 0.25) is 0 Å². The van der Waals surface area contributed by atoms with E-state index in [1.165, 1.54) is 11.1 Å². The maximum atomic E-state index is 3.42. The minimum absolute atomic E-state index is 0.575. The second kappa shape index (κ2) is 6.59. The molecule has 0 aliphatic rings. The highest BCUT2D eigenvalue weighted by molar-refractivity contribution is 5.21. The van der Waals surface area contributed by atoms with Crippen LogP contribution >= 0.6 is 0 Å². The minimum Gasteiger partial charge on any atom is -0.313 e. The van der Waals surface area contributed by atoms with Crippen LogP contribution in [-0.4, -0.2) is 19.1 Å². The summed E-state index contributed by atoms with van der Waals surface area (Å²) in [6.45, 7) is 9.47. The molecule has 0 bridgehead atoms. The molecule has 1 aromatic rings. The Bertz CT molecular complexity index is 282. The first-order valence-electron chi connectivity index (χ1n) is 5.68. The van der Waals surface area contributed by atoms with Crippen molar-refractivity contribution < 1.29 is 0 Å². The van der Waals surface area contributed by atoms with Gasteiger partial charge in [0.15, 0.2) is 0 Å². The number of hydrogen-bond donors (Lipinski definition) is 2. The zero-order valence-electron chi connectivity index (χ0n) is 10.0. The SMILES string of the molecule is Cc1cccc(CNCCNC(C)C)c1. The summed E-state index contributed by atoms with van der Waals surface area (Å²) >= 11 is 0. The van der Waals surface area contributed by atoms with Crippen LogP contribution in [0.2, 0.25) is 0 Å². The maximum absolute atomic E-state index is 3.42. The lowest BCUT2D eigenvalue weighted by molar-refractivity contribution is 0.555. The van der Waals surface area contributed by atoms with Crippen LogP contribution in [0.25, 0.3) is 0 Å². The Morgan fingerprint density at radius 2 is 2.00 bits per heavy atom. The van der Waals surface area contributed by atoms with Gasteiger partial charge in [-0.2, -0.15) is 0 Å². The van der Waals surface area contributed by atoms with Gasteiger partial charge < -0.3 is 10.6 Å². The summed E-state index contributed by atoms with van der Waals surface area (Å²) in [5, 5.41) is 6.80. The van der Waals surface area contributed by atoms with Crippen LogP contribution in [0.15, 0.2) is 24.3 Å². The van der Waals surface area contributed by atoms with Gasteiger partial charge in [0, 0.05) is 25.7 Å². The van der Waals surface area contributed by atoms with E-state index in [2.05, 4.69) is 55.7 Å². The molecule has 15 heavy (non-hydrogen) atoms. The molecule has 84 valence electrons. The van der Waals surface area contributed by atoms with Gasteiger partial charge in [-0.1, -0.05) is 43.7 Å². The highest BCUT2D eigenvalue weighted by atomic mass is 15.0. The average Bonchev–Trinajstić information content (AvgIpc) is 2.17. The fraction of sp³-hybridized carbons (Fsp3) is 0.538. The molecule has 1 aromatic carbocycles. The van der Waals surface area contributed by atoms with Gasteiger partial charge in [-0.05, 0) is 12.5 Å². The summed E-state index contributed by atoms with van der Waals surface area (Å²) in [6.07, 6.45) is 0. The van der Waals surface area contributed by atoms with Crippen LogP contribution in [0.5, 0.6) is 0 Å². The number of aryl methyl sites for hydroxylation is 1. The molecule has 0 saturated carbocycles. The van der Waals surface area contributed by atoms with Crippen molar-refractivity contribution in [3.63, 3.8) is 0 Å². The first-order chi connectivity index (χ1) is 7.18. The smallest absolute Gasteiger partial charge is 0.0206 e. The Kier molecular flexibility index (Phi) is 5.37. The summed E-state index contributed by atoms with van der Waals surface area (Å²) in [5.41, 5.74) is 2.69. The van der Waals surface area contributed by atoms with Crippen LogP contribution in [0.4, 0.5) is 0 Å². The number of nitrogens with one attached hydrogen (secondary N) is 2. The first kappa shape index (κ1) is 12.2. The van der Waals surface area contributed by atoms with Gasteiger partial charge in [0.25, 0.3) is 0 Å². The van der Waals surface area contributed by atoms with Crippen LogP contribution < -0.4 is 10.6 Å². The molecule has 0 spiro atoms. The second-order valence-electron chi connectivity index (χ2n) is 4.27. The van der Waals surface area contributed by atoms with E-state index in [9.17, 15) is 0 Å². The maximum Gasteiger partial charge on any atom is 0.0206 e. The second-order valence-corrected chi connectivity index (χ2v) is 4.27. The van der Waals surface area contributed by atoms with Crippen molar-refractivity contribution in [2.75, 3.05) is 13.1 Å². The fourth-order valence-electron chi connectivity index (χ4n) is 1.50. The van der Waals surface area contributed by atoms with E-state index < -0.39 is 0 Å². The summed E-state index contributed by atoms with van der Waals surface area (Å²) < 4.78 is 0. The van der Waals surface area contributed by atoms with E-state index in [4.69, 9.17) is 0 Å². The third-order valence-corrected chi connectivity index (χ3v) is 2.27. The lowest BCUT2D eigenvalue weighted by Gasteiger charge is -2.09. The van der Waals surface area contributed by atoms with Crippen molar-refractivity contribution in [3.8, 4) is 0 Å². The van der Waals surface area contributed by atoms with Crippen molar-refractivity contribution >= 4 is 0 Å². The Morgan fingerprint density at radius 1 is 1.20 bits per heavy atom. The molecular formula is C13H22N2. The quantitative estimate of drug-likeness (QED) is 0.696. The van der Waals surface area contributed by atoms with Crippen LogP contribution in [-0.2, 0) is 6.54 Å². The average molecular weight is 206 g/mol. The van der Waals surface area contributed by atoms with E-state index in [1.54, 1.807) is 0 Å². The van der Waals surface area contributed by atoms with Gasteiger partial charge in [-0.15, -0.1) is 0 Å². The normalized spacial score (nSPS) is 10.9. The molecule has 2 N–H and O–H groups in total. The van der Waals surface area contributed by atoms with Crippen LogP contribution in [0, 0.1) is 6.92 Å². The van der Waals surface area contributed by atoms with E-state index in [-0.39, 0.29) is 0 Å². The molecule has 0 heterocycles. The van der Waals surface area contributed by atoms with Crippen molar-refractivity contribution in [2.45, 2.75) is 33.4 Å². The van der Waals surface area contributed by atoms with Gasteiger partial charge in [0.05, 0.1) is 0 Å². The molecule has 0 saturated heterocycles. The molecule has 0 unspecified atom stereocenters. The minimum atomic E-state index is 0.575. The summed E-state index contributed by atoms with van der Waals surface area (Å²) in [6, 6.07) is 9.20. The molecule has 0 aromatic heterocycles. The first-order valence-corrected chi connectivity index (χ1v) is 5.68. The van der Waals surface area contributed by atoms with Crippen molar-refractivity contribution in [2.24, 2.45) is 0 Å². The molecule has 0 radical (unpaired) electrons. The number of rotatable bonds is 6. The molecule has 0 atom stereocenters. The Hall–Kier alpha value is -0.860. The molecule has 0 aliphatic carbocycles. The Balaban J connectivity index is 2.15. The van der Waals surface area contributed by atoms with Gasteiger partial charge in [-0.3, -0.25) is 0 Å². The Morgan fingerprint density at radius 3 is 2.67 bits per heavy atom. The third kappa shape index (κ3) is 5.55. The molecule has 0 fully saturated rings. The van der Waals surface area contributed by atoms with E-state index in [0.29, 0.717) is 6.04 Å². The Labute approximate surface area is 93.1 Å². The van der Waals surface area contributed by atoms with E-state index in [0.717, 1.165) is 19.6 Å². The molecule has 0 amide bonds. The van der Waals surface area contributed by atoms with Gasteiger partial charge >= 0.3 is 0 Å². The largest absolute Gasteiger partial charge is 0.313 e. The molecule has 1 rings (SSSR count). The summed E-state index contributed by atoms with van der Waals surface area (Å²) in [5.74, 6) is 0. The standard InChI is InChI=1S/C13H22N2/c1-11(2)15-8-7-14-10-13-6-4-5-12(3)9-13/h4-6,9,11,14-15H,7-8,10H2,1-3H3. The third-order valence-electron chi connectivity index (χ3n) is 2.27. The van der Waals surface area contributed by atoms with Gasteiger partial charge in [0.1, 0.15) is 0 Å². The molecular weight excluding hydrogens is 184 g/mol. The van der Waals surface area contributed by atoms with E-state index in [1.807, 2.05) is 0 Å². The topological polar surface area (TPSA) is 24.1 Å². The van der Waals surface area contributed by atoms with Crippen molar-refractivity contribution in [1.29, 1.82) is 0 Å². The number of hydrogen-bond acceptors (Lipinski definition) is 2. The molecule has 0 aliphatic heterocycles. The molecule has 2 nitrogen and oxygen atoms in total. The van der Waals surface area contributed by atoms with Crippen molar-refractivity contribution in [1.82, 2.24) is 10.6 Å². The van der Waals surface area contributed by atoms with Crippen LogP contribution in [0.3, 0.4) is 0 Å².